The summed E-state index contributed by atoms with van der Waals surface area (Å²) in [5.74, 6) is -0.343. The van der Waals surface area contributed by atoms with Gasteiger partial charge in [0.2, 0.25) is 5.91 Å². The number of sulfonamides is 1. The maximum atomic E-state index is 12.7. The van der Waals surface area contributed by atoms with Crippen LogP contribution in [0.4, 0.5) is 4.79 Å². The van der Waals surface area contributed by atoms with Crippen molar-refractivity contribution in [3.63, 3.8) is 0 Å². The molecule has 1 aliphatic heterocycles. The van der Waals surface area contributed by atoms with Crippen molar-refractivity contribution in [2.75, 3.05) is 26.3 Å². The van der Waals surface area contributed by atoms with E-state index < -0.39 is 22.1 Å². The number of ether oxygens (including phenoxy) is 1. The molecule has 1 atom stereocenters. The molecule has 9 nitrogen and oxygen atoms in total. The number of amides is 3. The van der Waals surface area contributed by atoms with Gasteiger partial charge in [-0.05, 0) is 23.8 Å². The third-order valence-corrected chi connectivity index (χ3v) is 8.44. The van der Waals surface area contributed by atoms with Gasteiger partial charge in [0.25, 0.3) is 10.0 Å². The third-order valence-electron chi connectivity index (χ3n) is 4.65. The summed E-state index contributed by atoms with van der Waals surface area (Å²) < 4.78 is 32.2. The number of rotatable bonds is 8. The van der Waals surface area contributed by atoms with E-state index in [0.29, 0.717) is 41.8 Å². The first-order valence-corrected chi connectivity index (χ1v) is 12.1. The fourth-order valence-electron chi connectivity index (χ4n) is 3.12. The summed E-state index contributed by atoms with van der Waals surface area (Å²) in [5, 5.41) is 5.68. The number of urea groups is 1. The highest BCUT2D eigenvalue weighted by molar-refractivity contribution is 7.91. The topological polar surface area (TPSA) is 131 Å². The molecule has 3 amide bonds. The van der Waals surface area contributed by atoms with Crippen LogP contribution >= 0.6 is 22.9 Å². The van der Waals surface area contributed by atoms with Gasteiger partial charge in [-0.2, -0.15) is 4.31 Å². The van der Waals surface area contributed by atoms with E-state index >= 15 is 0 Å². The second kappa shape index (κ2) is 10.4. The van der Waals surface area contributed by atoms with Gasteiger partial charge in [0.05, 0.1) is 32.2 Å². The van der Waals surface area contributed by atoms with Crippen LogP contribution in [0.1, 0.15) is 22.9 Å². The highest BCUT2D eigenvalue weighted by atomic mass is 35.5. The summed E-state index contributed by atoms with van der Waals surface area (Å²) in [4.78, 5) is 24.5. The maximum absolute atomic E-state index is 12.7. The van der Waals surface area contributed by atoms with Gasteiger partial charge in [-0.1, -0.05) is 29.8 Å². The van der Waals surface area contributed by atoms with Gasteiger partial charge in [0.1, 0.15) is 4.21 Å². The first kappa shape index (κ1) is 23.5. The number of nitrogens with one attached hydrogen (secondary N) is 2. The van der Waals surface area contributed by atoms with Crippen LogP contribution in [-0.2, 0) is 26.1 Å². The Kier molecular flexibility index (Phi) is 7.89. The standard InChI is InChI=1S/C19H23ClN4O5S2/c20-15-4-2-1-3-14(15)16(23-19(21)26)11-17(25)22-12-13-5-6-18(30-13)31(27,28)24-7-9-29-10-8-24/h1-6,16H,7-12H2,(H,22,25)(H3,21,23,26)/t16-/m0/s1. The normalized spacial score (nSPS) is 15.9. The average Bonchev–Trinajstić information content (AvgIpc) is 3.22. The molecule has 0 saturated carbocycles. The van der Waals surface area contributed by atoms with Crippen LogP contribution in [0.2, 0.25) is 5.02 Å². The van der Waals surface area contributed by atoms with Crippen molar-refractivity contribution in [1.82, 2.24) is 14.9 Å². The zero-order chi connectivity index (χ0) is 22.4. The predicted molar refractivity (Wildman–Crippen MR) is 117 cm³/mol. The molecule has 1 aliphatic rings. The predicted octanol–water partition coefficient (Wildman–Crippen LogP) is 1.84. The van der Waals surface area contributed by atoms with Crippen LogP contribution in [0, 0.1) is 0 Å². The van der Waals surface area contributed by atoms with E-state index in [1.165, 1.54) is 10.4 Å². The van der Waals surface area contributed by atoms with Crippen molar-refractivity contribution in [1.29, 1.82) is 0 Å². The highest BCUT2D eigenvalue weighted by Crippen LogP contribution is 2.27. The molecule has 0 aliphatic carbocycles. The number of nitrogens with two attached hydrogens (primary N) is 1. The second-order valence-corrected chi connectivity index (χ2v) is 10.5. The fraction of sp³-hybridized carbons (Fsp3) is 0.368. The summed E-state index contributed by atoms with van der Waals surface area (Å²) in [6.45, 7) is 1.55. The van der Waals surface area contributed by atoms with Crippen molar-refractivity contribution >= 4 is 44.9 Å². The molecular weight excluding hydrogens is 464 g/mol. The summed E-state index contributed by atoms with van der Waals surface area (Å²) in [6, 6.07) is 8.61. The number of morpholine rings is 1. The molecule has 0 unspecified atom stereocenters. The van der Waals surface area contributed by atoms with Gasteiger partial charge >= 0.3 is 6.03 Å². The summed E-state index contributed by atoms with van der Waals surface area (Å²) in [7, 11) is -3.57. The number of hydrogen-bond donors (Lipinski definition) is 3. The van der Waals surface area contributed by atoms with Gasteiger partial charge < -0.3 is 21.1 Å². The molecule has 1 fully saturated rings. The smallest absolute Gasteiger partial charge is 0.312 e. The lowest BCUT2D eigenvalue weighted by Crippen LogP contribution is -2.40. The van der Waals surface area contributed by atoms with E-state index in [1.54, 1.807) is 30.3 Å². The molecule has 2 heterocycles. The summed E-state index contributed by atoms with van der Waals surface area (Å²) in [6.07, 6.45) is -0.0724. The molecular formula is C19H23ClN4O5S2. The second-order valence-electron chi connectivity index (χ2n) is 6.80. The minimum atomic E-state index is -3.57. The Bertz CT molecular complexity index is 1040. The van der Waals surface area contributed by atoms with Gasteiger partial charge in [-0.3, -0.25) is 4.79 Å². The first-order chi connectivity index (χ1) is 14.8. The molecule has 1 saturated heterocycles. The quantitative estimate of drug-likeness (QED) is 0.524. The van der Waals surface area contributed by atoms with Crippen LogP contribution in [0.25, 0.3) is 0 Å². The highest BCUT2D eigenvalue weighted by Gasteiger charge is 2.28. The molecule has 4 N–H and O–H groups in total. The lowest BCUT2D eigenvalue weighted by atomic mass is 10.0. The number of carbonyl (C=O) groups excluding carboxylic acids is 2. The van der Waals surface area contributed by atoms with E-state index in [4.69, 9.17) is 22.1 Å². The number of primary amides is 1. The van der Waals surface area contributed by atoms with Gasteiger partial charge in [0.15, 0.2) is 0 Å². The Morgan fingerprint density at radius 1 is 1.19 bits per heavy atom. The first-order valence-electron chi connectivity index (χ1n) is 9.51. The lowest BCUT2D eigenvalue weighted by molar-refractivity contribution is -0.121. The average molecular weight is 487 g/mol. The van der Waals surface area contributed by atoms with Crippen LogP contribution in [-0.4, -0.2) is 51.0 Å². The molecule has 2 aromatic rings. The molecule has 0 bridgehead atoms. The Morgan fingerprint density at radius 3 is 2.58 bits per heavy atom. The zero-order valence-electron chi connectivity index (χ0n) is 16.5. The number of thiophene rings is 1. The Morgan fingerprint density at radius 2 is 1.90 bits per heavy atom. The third kappa shape index (κ3) is 6.17. The van der Waals surface area contributed by atoms with E-state index in [9.17, 15) is 18.0 Å². The van der Waals surface area contributed by atoms with Crippen molar-refractivity contribution < 1.29 is 22.7 Å². The van der Waals surface area contributed by atoms with E-state index in [2.05, 4.69) is 10.6 Å². The summed E-state index contributed by atoms with van der Waals surface area (Å²) >= 11 is 7.29. The molecule has 0 spiro atoms. The Balaban J connectivity index is 1.61. The van der Waals surface area contributed by atoms with Crippen LogP contribution in [0.5, 0.6) is 0 Å². The molecule has 1 aromatic carbocycles. The number of benzene rings is 1. The van der Waals surface area contributed by atoms with Crippen molar-refractivity contribution in [2.45, 2.75) is 23.2 Å². The van der Waals surface area contributed by atoms with Crippen LogP contribution in [0.15, 0.2) is 40.6 Å². The minimum Gasteiger partial charge on any atom is -0.379 e. The maximum Gasteiger partial charge on any atom is 0.312 e. The van der Waals surface area contributed by atoms with Crippen molar-refractivity contribution in [3.05, 3.63) is 51.9 Å². The lowest BCUT2D eigenvalue weighted by Gasteiger charge is -2.25. The number of hydrogen-bond acceptors (Lipinski definition) is 6. The molecule has 0 radical (unpaired) electrons. The minimum absolute atomic E-state index is 0.0724. The molecule has 12 heteroatoms. The zero-order valence-corrected chi connectivity index (χ0v) is 18.9. The molecule has 31 heavy (non-hydrogen) atoms. The van der Waals surface area contributed by atoms with E-state index in [-0.39, 0.29) is 23.1 Å². The molecule has 168 valence electrons. The largest absolute Gasteiger partial charge is 0.379 e. The van der Waals surface area contributed by atoms with E-state index in [1.807, 2.05) is 0 Å². The van der Waals surface area contributed by atoms with Crippen molar-refractivity contribution in [2.24, 2.45) is 5.73 Å². The van der Waals surface area contributed by atoms with Gasteiger partial charge in [0, 0.05) is 23.0 Å². The monoisotopic (exact) mass is 486 g/mol. The number of halogens is 1. The van der Waals surface area contributed by atoms with Gasteiger partial charge in [-0.15, -0.1) is 11.3 Å². The Labute approximate surface area is 189 Å². The SMILES string of the molecule is NC(=O)N[C@@H](CC(=O)NCc1ccc(S(=O)(=O)N2CCOCC2)s1)c1ccccc1Cl. The number of carbonyl (C=O) groups is 2. The number of nitrogens with zero attached hydrogens (tertiary/aromatic N) is 1. The molecule has 3 rings (SSSR count). The van der Waals surface area contributed by atoms with E-state index in [0.717, 1.165) is 11.3 Å². The summed E-state index contributed by atoms with van der Waals surface area (Å²) in [5.41, 5.74) is 5.81. The van der Waals surface area contributed by atoms with Crippen LogP contribution in [0.3, 0.4) is 0 Å². The van der Waals surface area contributed by atoms with Crippen molar-refractivity contribution in [3.8, 4) is 0 Å². The van der Waals surface area contributed by atoms with Crippen LogP contribution < -0.4 is 16.4 Å². The van der Waals surface area contributed by atoms with Gasteiger partial charge in [-0.25, -0.2) is 13.2 Å². The fourth-order valence-corrected chi connectivity index (χ4v) is 6.24. The Hall–Kier alpha value is -2.18. The molecule has 1 aromatic heterocycles.